The Labute approximate surface area is 184 Å². The second-order valence-electron chi connectivity index (χ2n) is 8.37. The Balaban J connectivity index is 1.67. The first-order chi connectivity index (χ1) is 14.6. The third kappa shape index (κ3) is 6.56. The Kier molecular flexibility index (Phi) is 9.22. The molecule has 0 saturated carbocycles. The van der Waals surface area contributed by atoms with Crippen molar-refractivity contribution < 1.29 is 13.9 Å². The molecule has 0 bridgehead atoms. The molecule has 166 valence electrons. The number of carbonyl (C=O) groups excluding carboxylic acids is 1. The average Bonchev–Trinajstić information content (AvgIpc) is 2.76. The molecule has 1 aromatic carbocycles. The predicted molar refractivity (Wildman–Crippen MR) is 121 cm³/mol. The van der Waals surface area contributed by atoms with Crippen molar-refractivity contribution in [3.05, 3.63) is 40.7 Å². The Bertz CT molecular complexity index is 734. The minimum absolute atomic E-state index is 0.0747. The summed E-state index contributed by atoms with van der Waals surface area (Å²) < 4.78 is 19.5. The molecule has 1 N–H and O–H groups in total. The quantitative estimate of drug-likeness (QED) is 0.566. The fourth-order valence-corrected chi connectivity index (χ4v) is 5.17. The smallest absolute Gasteiger partial charge is 0.242 e. The van der Waals surface area contributed by atoms with Gasteiger partial charge in [0.25, 0.3) is 0 Å². The van der Waals surface area contributed by atoms with E-state index in [9.17, 15) is 9.18 Å². The van der Waals surface area contributed by atoms with Crippen LogP contribution in [0.1, 0.15) is 57.4 Å². The summed E-state index contributed by atoms with van der Waals surface area (Å²) in [5.74, 6) is 0.480. The van der Waals surface area contributed by atoms with Crippen LogP contribution in [0.2, 0.25) is 0 Å². The molecular formula is C24H35FN2O2S. The van der Waals surface area contributed by atoms with E-state index in [-0.39, 0.29) is 17.8 Å². The highest BCUT2D eigenvalue weighted by atomic mass is 32.2. The number of hydrogen-bond donors (Lipinski definition) is 1. The standard InChI is InChI=1S/C24H35FN2O2S/c1-3-4-11-23(30-22-10-7-8-20(25)18(22)2)26-24(28)21-9-5-6-14-27(21)17-19-12-15-29-16-13-19/h7-8,10-11,19,21H,3-6,9,12-17H2,1-2H3,(H,26,28)/b23-11+. The maximum Gasteiger partial charge on any atom is 0.242 e. The fourth-order valence-electron chi connectivity index (χ4n) is 4.18. The van der Waals surface area contributed by atoms with Gasteiger partial charge in [0.1, 0.15) is 5.82 Å². The summed E-state index contributed by atoms with van der Waals surface area (Å²) in [5, 5.41) is 3.99. The molecule has 0 radical (unpaired) electrons. The summed E-state index contributed by atoms with van der Waals surface area (Å²) in [6.07, 6.45) is 9.27. The van der Waals surface area contributed by atoms with Gasteiger partial charge in [-0.05, 0) is 69.2 Å². The molecule has 0 spiro atoms. The van der Waals surface area contributed by atoms with Crippen molar-refractivity contribution in [3.63, 3.8) is 0 Å². The number of amides is 1. The first-order valence-electron chi connectivity index (χ1n) is 11.3. The number of ether oxygens (including phenoxy) is 1. The van der Waals surface area contributed by atoms with Crippen molar-refractivity contribution in [3.8, 4) is 0 Å². The van der Waals surface area contributed by atoms with Gasteiger partial charge < -0.3 is 10.1 Å². The van der Waals surface area contributed by atoms with E-state index in [1.807, 2.05) is 6.07 Å². The monoisotopic (exact) mass is 434 g/mol. The van der Waals surface area contributed by atoms with Crippen molar-refractivity contribution in [2.75, 3.05) is 26.3 Å². The first-order valence-corrected chi connectivity index (χ1v) is 12.2. The van der Waals surface area contributed by atoms with E-state index >= 15 is 0 Å². The van der Waals surface area contributed by atoms with Gasteiger partial charge in [0, 0.05) is 24.7 Å². The number of rotatable bonds is 8. The van der Waals surface area contributed by atoms with Crippen LogP contribution in [-0.4, -0.2) is 43.2 Å². The molecule has 2 fully saturated rings. The van der Waals surface area contributed by atoms with Gasteiger partial charge in [0.15, 0.2) is 0 Å². The van der Waals surface area contributed by atoms with E-state index < -0.39 is 0 Å². The Morgan fingerprint density at radius 1 is 1.30 bits per heavy atom. The molecule has 2 heterocycles. The second kappa shape index (κ2) is 11.9. The number of thioether (sulfide) groups is 1. The zero-order valence-electron chi connectivity index (χ0n) is 18.3. The average molecular weight is 435 g/mol. The minimum Gasteiger partial charge on any atom is -0.381 e. The van der Waals surface area contributed by atoms with Crippen molar-refractivity contribution in [2.24, 2.45) is 5.92 Å². The lowest BCUT2D eigenvalue weighted by molar-refractivity contribution is -0.127. The summed E-state index contributed by atoms with van der Waals surface area (Å²) in [7, 11) is 0. The molecule has 2 aliphatic rings. The number of allylic oxidation sites excluding steroid dienone is 1. The normalized spacial score (nSPS) is 21.6. The minimum atomic E-state index is -0.212. The summed E-state index contributed by atoms with van der Waals surface area (Å²) in [6.45, 7) is 7.54. The molecule has 3 rings (SSSR count). The Morgan fingerprint density at radius 2 is 2.10 bits per heavy atom. The lowest BCUT2D eigenvalue weighted by Gasteiger charge is -2.38. The van der Waals surface area contributed by atoms with E-state index in [1.165, 1.54) is 17.8 Å². The molecule has 1 aromatic rings. The number of nitrogens with zero attached hydrogens (tertiary/aromatic N) is 1. The number of carbonyl (C=O) groups is 1. The first kappa shape index (κ1) is 23.3. The molecule has 30 heavy (non-hydrogen) atoms. The van der Waals surface area contributed by atoms with E-state index in [2.05, 4.69) is 23.2 Å². The number of piperidine rings is 1. The predicted octanol–water partition coefficient (Wildman–Crippen LogP) is 5.27. The van der Waals surface area contributed by atoms with Gasteiger partial charge >= 0.3 is 0 Å². The number of hydrogen-bond acceptors (Lipinski definition) is 4. The lowest BCUT2D eigenvalue weighted by atomic mass is 9.95. The molecule has 1 unspecified atom stereocenters. The van der Waals surface area contributed by atoms with Crippen LogP contribution in [0.5, 0.6) is 0 Å². The van der Waals surface area contributed by atoms with E-state index in [4.69, 9.17) is 4.74 Å². The van der Waals surface area contributed by atoms with E-state index in [0.29, 0.717) is 11.5 Å². The van der Waals surface area contributed by atoms with Gasteiger partial charge in [-0.1, -0.05) is 43.7 Å². The number of nitrogens with one attached hydrogen (secondary N) is 1. The van der Waals surface area contributed by atoms with Crippen molar-refractivity contribution in [1.82, 2.24) is 10.2 Å². The van der Waals surface area contributed by atoms with Crippen LogP contribution in [0.15, 0.2) is 34.2 Å². The zero-order chi connectivity index (χ0) is 21.3. The molecule has 2 aliphatic heterocycles. The zero-order valence-corrected chi connectivity index (χ0v) is 19.1. The molecule has 0 aromatic heterocycles. The number of benzene rings is 1. The molecule has 2 saturated heterocycles. The second-order valence-corrected chi connectivity index (χ2v) is 9.46. The maximum atomic E-state index is 14.0. The summed E-state index contributed by atoms with van der Waals surface area (Å²) >= 11 is 1.45. The highest BCUT2D eigenvalue weighted by Gasteiger charge is 2.31. The maximum absolute atomic E-state index is 14.0. The van der Waals surface area contributed by atoms with Crippen molar-refractivity contribution in [1.29, 1.82) is 0 Å². The summed E-state index contributed by atoms with van der Waals surface area (Å²) in [6, 6.07) is 5.03. The summed E-state index contributed by atoms with van der Waals surface area (Å²) in [5.41, 5.74) is 0.623. The van der Waals surface area contributed by atoms with Crippen LogP contribution < -0.4 is 5.32 Å². The highest BCUT2D eigenvalue weighted by molar-refractivity contribution is 8.03. The molecular weight excluding hydrogens is 399 g/mol. The third-order valence-electron chi connectivity index (χ3n) is 6.05. The molecule has 6 heteroatoms. The van der Waals surface area contributed by atoms with Crippen LogP contribution >= 0.6 is 11.8 Å². The highest BCUT2D eigenvalue weighted by Crippen LogP contribution is 2.30. The summed E-state index contributed by atoms with van der Waals surface area (Å²) in [4.78, 5) is 16.5. The fraction of sp³-hybridized carbons (Fsp3) is 0.625. The largest absolute Gasteiger partial charge is 0.381 e. The van der Waals surface area contributed by atoms with Crippen LogP contribution in [0, 0.1) is 18.7 Å². The Morgan fingerprint density at radius 3 is 2.87 bits per heavy atom. The topological polar surface area (TPSA) is 41.6 Å². The van der Waals surface area contributed by atoms with Crippen molar-refractivity contribution >= 4 is 17.7 Å². The van der Waals surface area contributed by atoms with Gasteiger partial charge in [-0.3, -0.25) is 9.69 Å². The number of halogens is 1. The number of unbranched alkanes of at least 4 members (excludes halogenated alkanes) is 1. The van der Waals surface area contributed by atoms with Gasteiger partial charge in [0.2, 0.25) is 5.91 Å². The van der Waals surface area contributed by atoms with Crippen LogP contribution in [0.25, 0.3) is 0 Å². The number of likely N-dealkylation sites (tertiary alicyclic amines) is 1. The molecule has 0 aliphatic carbocycles. The van der Waals surface area contributed by atoms with E-state index in [0.717, 1.165) is 81.2 Å². The van der Waals surface area contributed by atoms with Gasteiger partial charge in [-0.25, -0.2) is 4.39 Å². The van der Waals surface area contributed by atoms with E-state index in [1.54, 1.807) is 13.0 Å². The van der Waals surface area contributed by atoms with Gasteiger partial charge in [-0.2, -0.15) is 0 Å². The Hall–Kier alpha value is -1.37. The SMILES string of the molecule is CCC/C=C(\NC(=O)C1CCCCN1CC1CCOCC1)Sc1cccc(F)c1C. The lowest BCUT2D eigenvalue weighted by Crippen LogP contribution is -2.50. The van der Waals surface area contributed by atoms with Gasteiger partial charge in [-0.15, -0.1) is 0 Å². The molecule has 4 nitrogen and oxygen atoms in total. The van der Waals surface area contributed by atoms with Crippen LogP contribution in [0.3, 0.4) is 0 Å². The third-order valence-corrected chi connectivity index (χ3v) is 7.20. The molecule has 1 atom stereocenters. The molecule has 1 amide bonds. The van der Waals surface area contributed by atoms with Crippen molar-refractivity contribution in [2.45, 2.75) is 69.7 Å². The van der Waals surface area contributed by atoms with Crippen LogP contribution in [-0.2, 0) is 9.53 Å². The van der Waals surface area contributed by atoms with Gasteiger partial charge in [0.05, 0.1) is 11.1 Å². The van der Waals surface area contributed by atoms with Crippen LogP contribution in [0.4, 0.5) is 4.39 Å².